The maximum atomic E-state index is 11.9. The number of para-hydroxylation sites is 1. The van der Waals surface area contributed by atoms with E-state index < -0.39 is 12.0 Å². The topological polar surface area (TPSA) is 103 Å². The van der Waals surface area contributed by atoms with Crippen LogP contribution < -0.4 is 20.9 Å². The van der Waals surface area contributed by atoms with Crippen LogP contribution in [0.15, 0.2) is 54.6 Å². The summed E-state index contributed by atoms with van der Waals surface area (Å²) in [5.41, 5.74) is 5.93. The van der Waals surface area contributed by atoms with Gasteiger partial charge in [-0.25, -0.2) is 0 Å². The first-order chi connectivity index (χ1) is 12.1. The minimum atomic E-state index is -0.810. The quantitative estimate of drug-likeness (QED) is 0.694. The van der Waals surface area contributed by atoms with Gasteiger partial charge in [0.05, 0.1) is 18.2 Å². The molecule has 7 heteroatoms. The fourth-order valence-electron chi connectivity index (χ4n) is 1.88. The molecule has 0 spiro atoms. The van der Waals surface area contributed by atoms with E-state index in [-0.39, 0.29) is 12.5 Å². The van der Waals surface area contributed by atoms with Gasteiger partial charge in [0.1, 0.15) is 5.75 Å². The smallest absolute Gasteiger partial charge is 0.279 e. The largest absolute Gasteiger partial charge is 0.481 e. The third-order valence-electron chi connectivity index (χ3n) is 3.22. The van der Waals surface area contributed by atoms with Crippen molar-refractivity contribution in [2.45, 2.75) is 13.0 Å². The normalized spacial score (nSPS) is 10.9. The first-order valence-electron chi connectivity index (χ1n) is 7.63. The molecule has 25 heavy (non-hydrogen) atoms. The summed E-state index contributed by atoms with van der Waals surface area (Å²) in [5, 5.41) is 11.7. The van der Waals surface area contributed by atoms with Crippen LogP contribution in [0.3, 0.4) is 0 Å². The van der Waals surface area contributed by atoms with Crippen molar-refractivity contribution in [3.63, 3.8) is 0 Å². The van der Waals surface area contributed by atoms with Crippen molar-refractivity contribution in [1.82, 2.24) is 10.9 Å². The van der Waals surface area contributed by atoms with Gasteiger partial charge >= 0.3 is 0 Å². The molecule has 2 amide bonds. The molecule has 128 valence electrons. The van der Waals surface area contributed by atoms with E-state index in [2.05, 4.69) is 16.2 Å². The molecule has 0 unspecified atom stereocenters. The third-order valence-corrected chi connectivity index (χ3v) is 3.22. The lowest BCUT2D eigenvalue weighted by atomic mass is 10.2. The van der Waals surface area contributed by atoms with Gasteiger partial charge in [-0.2, -0.15) is 5.26 Å². The minimum absolute atomic E-state index is 0.0230. The highest BCUT2D eigenvalue weighted by Crippen LogP contribution is 2.13. The lowest BCUT2D eigenvalue weighted by Gasteiger charge is -2.15. The van der Waals surface area contributed by atoms with Crippen molar-refractivity contribution in [3.05, 3.63) is 60.2 Å². The van der Waals surface area contributed by atoms with Crippen LogP contribution in [0, 0.1) is 11.3 Å². The number of amides is 2. The van der Waals surface area contributed by atoms with Crippen LogP contribution in [0.4, 0.5) is 5.69 Å². The molecule has 2 aromatic carbocycles. The molecular formula is C18H18N4O3. The van der Waals surface area contributed by atoms with Crippen molar-refractivity contribution < 1.29 is 14.3 Å². The fourth-order valence-corrected chi connectivity index (χ4v) is 1.88. The van der Waals surface area contributed by atoms with E-state index in [1.807, 2.05) is 36.4 Å². The first kappa shape index (κ1) is 17.8. The van der Waals surface area contributed by atoms with Crippen LogP contribution in [0.2, 0.25) is 0 Å². The Hall–Kier alpha value is -3.53. The second-order valence-corrected chi connectivity index (χ2v) is 5.15. The number of benzene rings is 2. The summed E-state index contributed by atoms with van der Waals surface area (Å²) in [7, 11) is 0. The Kier molecular flexibility index (Phi) is 6.37. The maximum Gasteiger partial charge on any atom is 0.279 e. The molecule has 0 bridgehead atoms. The average molecular weight is 338 g/mol. The second-order valence-electron chi connectivity index (χ2n) is 5.15. The number of ether oxygens (including phenoxy) is 1. The summed E-state index contributed by atoms with van der Waals surface area (Å²) in [6, 6.07) is 17.6. The number of anilines is 1. The van der Waals surface area contributed by atoms with Crippen molar-refractivity contribution >= 4 is 17.5 Å². The van der Waals surface area contributed by atoms with Crippen molar-refractivity contribution in [2.24, 2.45) is 0 Å². The lowest BCUT2D eigenvalue weighted by molar-refractivity contribution is -0.132. The molecule has 0 aliphatic heterocycles. The Morgan fingerprint density at radius 1 is 1.08 bits per heavy atom. The molecule has 2 rings (SSSR count). The van der Waals surface area contributed by atoms with E-state index >= 15 is 0 Å². The number of carbonyl (C=O) groups is 2. The van der Waals surface area contributed by atoms with Gasteiger partial charge in [0.2, 0.25) is 0 Å². The van der Waals surface area contributed by atoms with Gasteiger partial charge in [0.15, 0.2) is 6.10 Å². The van der Waals surface area contributed by atoms with Crippen LogP contribution in [0.25, 0.3) is 0 Å². The molecule has 0 aliphatic carbocycles. The molecule has 1 atom stereocenters. The zero-order valence-electron chi connectivity index (χ0n) is 13.7. The fraction of sp³-hybridized carbons (Fsp3) is 0.167. The number of nitrogens with zero attached hydrogens (tertiary/aromatic N) is 1. The Morgan fingerprint density at radius 3 is 2.40 bits per heavy atom. The molecule has 3 N–H and O–H groups in total. The van der Waals surface area contributed by atoms with Gasteiger partial charge in [-0.3, -0.25) is 20.4 Å². The van der Waals surface area contributed by atoms with E-state index in [1.54, 1.807) is 31.2 Å². The number of hydrogen-bond donors (Lipinski definition) is 3. The van der Waals surface area contributed by atoms with E-state index in [0.29, 0.717) is 11.3 Å². The monoisotopic (exact) mass is 338 g/mol. The van der Waals surface area contributed by atoms with Crippen LogP contribution in [0.5, 0.6) is 5.75 Å². The predicted octanol–water partition coefficient (Wildman–Crippen LogP) is 1.59. The summed E-state index contributed by atoms with van der Waals surface area (Å²) in [6.45, 7) is 1.58. The standard InChI is InChI=1S/C18H18N4O3/c1-13(25-16-9-7-14(11-19)8-10-16)18(24)22-21-17(23)12-20-15-5-3-2-4-6-15/h2-10,13,20H,12H2,1H3,(H,21,23)(H,22,24)/t13-/m0/s1. The molecule has 0 radical (unpaired) electrons. The highest BCUT2D eigenvalue weighted by atomic mass is 16.5. The van der Waals surface area contributed by atoms with E-state index in [4.69, 9.17) is 10.00 Å². The number of hydrazine groups is 1. The van der Waals surface area contributed by atoms with Gasteiger partial charge < -0.3 is 10.1 Å². The number of nitriles is 1. The van der Waals surface area contributed by atoms with Crippen molar-refractivity contribution in [2.75, 3.05) is 11.9 Å². The summed E-state index contributed by atoms with van der Waals surface area (Å²) in [6.07, 6.45) is -0.810. The maximum absolute atomic E-state index is 11.9. The zero-order chi connectivity index (χ0) is 18.1. The predicted molar refractivity (Wildman–Crippen MR) is 92.5 cm³/mol. The molecule has 0 aromatic heterocycles. The van der Waals surface area contributed by atoms with E-state index in [0.717, 1.165) is 5.69 Å². The Morgan fingerprint density at radius 2 is 1.76 bits per heavy atom. The van der Waals surface area contributed by atoms with Gasteiger partial charge in [0, 0.05) is 5.69 Å². The van der Waals surface area contributed by atoms with Crippen LogP contribution in [0.1, 0.15) is 12.5 Å². The lowest BCUT2D eigenvalue weighted by Crippen LogP contribution is -2.48. The summed E-state index contributed by atoms with van der Waals surface area (Å²) < 4.78 is 5.45. The van der Waals surface area contributed by atoms with Crippen LogP contribution in [-0.2, 0) is 9.59 Å². The molecule has 0 fully saturated rings. The van der Waals surface area contributed by atoms with Gasteiger partial charge in [0.25, 0.3) is 11.8 Å². The number of nitrogens with one attached hydrogen (secondary N) is 3. The summed E-state index contributed by atoms with van der Waals surface area (Å²) in [4.78, 5) is 23.6. The Balaban J connectivity index is 1.73. The van der Waals surface area contributed by atoms with E-state index in [9.17, 15) is 9.59 Å². The van der Waals surface area contributed by atoms with Gasteiger partial charge in [-0.1, -0.05) is 18.2 Å². The molecule has 0 saturated heterocycles. The number of hydrogen-bond acceptors (Lipinski definition) is 5. The number of rotatable bonds is 6. The second kappa shape index (κ2) is 8.93. The SMILES string of the molecule is C[C@H](Oc1ccc(C#N)cc1)C(=O)NNC(=O)CNc1ccccc1. The Bertz CT molecular complexity index is 754. The van der Waals surface area contributed by atoms with Crippen LogP contribution >= 0.6 is 0 Å². The van der Waals surface area contributed by atoms with Crippen LogP contribution in [-0.4, -0.2) is 24.5 Å². The summed E-state index contributed by atoms with van der Waals surface area (Å²) in [5.74, 6) is -0.418. The molecule has 7 nitrogen and oxygen atoms in total. The van der Waals surface area contributed by atoms with Crippen molar-refractivity contribution in [1.29, 1.82) is 5.26 Å². The molecule has 0 heterocycles. The average Bonchev–Trinajstić information content (AvgIpc) is 2.65. The molecule has 2 aromatic rings. The Labute approximate surface area is 145 Å². The highest BCUT2D eigenvalue weighted by Gasteiger charge is 2.15. The number of carbonyl (C=O) groups excluding carboxylic acids is 2. The van der Waals surface area contributed by atoms with Gasteiger partial charge in [-0.15, -0.1) is 0 Å². The molecule has 0 aliphatic rings. The third kappa shape index (κ3) is 5.88. The highest BCUT2D eigenvalue weighted by molar-refractivity contribution is 5.86. The minimum Gasteiger partial charge on any atom is -0.481 e. The van der Waals surface area contributed by atoms with Gasteiger partial charge in [-0.05, 0) is 43.3 Å². The summed E-state index contributed by atoms with van der Waals surface area (Å²) >= 11 is 0. The molecule has 0 saturated carbocycles. The molecular weight excluding hydrogens is 320 g/mol. The first-order valence-corrected chi connectivity index (χ1v) is 7.63. The van der Waals surface area contributed by atoms with E-state index in [1.165, 1.54) is 0 Å². The van der Waals surface area contributed by atoms with Crippen molar-refractivity contribution in [3.8, 4) is 11.8 Å². The zero-order valence-corrected chi connectivity index (χ0v) is 13.7.